The number of nitrogen functional groups attached to an aromatic ring is 1. The van der Waals surface area contributed by atoms with Gasteiger partial charge in [-0.05, 0) is 43.0 Å². The summed E-state index contributed by atoms with van der Waals surface area (Å²) in [6.45, 7) is 6.55. The summed E-state index contributed by atoms with van der Waals surface area (Å²) >= 11 is 3.44. The number of carbonyl (C=O) groups excluding carboxylic acids is 1. The van der Waals surface area contributed by atoms with Gasteiger partial charge >= 0.3 is 5.97 Å². The number of anilines is 1. The van der Waals surface area contributed by atoms with E-state index in [0.29, 0.717) is 18.2 Å². The molecule has 0 radical (unpaired) electrons. The van der Waals surface area contributed by atoms with Gasteiger partial charge in [-0.2, -0.15) is 0 Å². The minimum absolute atomic E-state index is 0.180. The van der Waals surface area contributed by atoms with E-state index in [1.165, 1.54) is 0 Å². The standard InChI is InChI=1S/C16H24BrNO2/c1-4-6-11(3)9-14(16(19)20-5-2)13-10-12(17)7-8-15(13)18/h7-8,10-11,14H,4-6,9,18H2,1-3H3. The van der Waals surface area contributed by atoms with E-state index in [9.17, 15) is 4.79 Å². The normalized spacial score (nSPS) is 13.8. The first-order valence-electron chi connectivity index (χ1n) is 7.21. The topological polar surface area (TPSA) is 52.3 Å². The zero-order valence-electron chi connectivity index (χ0n) is 12.5. The molecular formula is C16H24BrNO2. The lowest BCUT2D eigenvalue weighted by Gasteiger charge is -2.21. The van der Waals surface area contributed by atoms with Crippen LogP contribution in [0.5, 0.6) is 0 Å². The van der Waals surface area contributed by atoms with Gasteiger partial charge in [0.25, 0.3) is 0 Å². The van der Waals surface area contributed by atoms with Crippen LogP contribution in [-0.2, 0) is 9.53 Å². The summed E-state index contributed by atoms with van der Waals surface area (Å²) in [5, 5.41) is 0. The highest BCUT2D eigenvalue weighted by Gasteiger charge is 2.26. The van der Waals surface area contributed by atoms with E-state index in [0.717, 1.165) is 29.3 Å². The molecule has 2 unspecified atom stereocenters. The Hall–Kier alpha value is -1.03. The van der Waals surface area contributed by atoms with Crippen molar-refractivity contribution in [3.05, 3.63) is 28.2 Å². The summed E-state index contributed by atoms with van der Waals surface area (Å²) in [6.07, 6.45) is 2.99. The second kappa shape index (κ2) is 8.30. The lowest BCUT2D eigenvalue weighted by atomic mass is 9.87. The number of nitrogens with two attached hydrogens (primary N) is 1. The zero-order valence-corrected chi connectivity index (χ0v) is 14.1. The molecule has 1 rings (SSSR count). The van der Waals surface area contributed by atoms with Gasteiger partial charge in [-0.3, -0.25) is 4.79 Å². The smallest absolute Gasteiger partial charge is 0.313 e. The summed E-state index contributed by atoms with van der Waals surface area (Å²) in [6, 6.07) is 5.64. The fraction of sp³-hybridized carbons (Fsp3) is 0.562. The molecule has 2 N–H and O–H groups in total. The molecule has 1 aromatic rings. The van der Waals surface area contributed by atoms with Crippen molar-refractivity contribution in [3.63, 3.8) is 0 Å². The maximum Gasteiger partial charge on any atom is 0.313 e. The Labute approximate surface area is 130 Å². The Morgan fingerprint density at radius 3 is 2.70 bits per heavy atom. The van der Waals surface area contributed by atoms with Crippen LogP contribution in [0.2, 0.25) is 0 Å². The Bertz CT molecular complexity index is 448. The minimum atomic E-state index is -0.283. The number of hydrogen-bond acceptors (Lipinski definition) is 3. The van der Waals surface area contributed by atoms with Crippen molar-refractivity contribution in [2.45, 2.75) is 46.0 Å². The zero-order chi connectivity index (χ0) is 15.1. The van der Waals surface area contributed by atoms with Gasteiger partial charge in [-0.1, -0.05) is 42.6 Å². The van der Waals surface area contributed by atoms with Gasteiger partial charge in [-0.15, -0.1) is 0 Å². The number of ether oxygens (including phenoxy) is 1. The second-order valence-electron chi connectivity index (χ2n) is 5.21. The molecule has 2 atom stereocenters. The third kappa shape index (κ3) is 4.82. The maximum absolute atomic E-state index is 12.3. The number of rotatable bonds is 7. The van der Waals surface area contributed by atoms with Crippen molar-refractivity contribution >= 4 is 27.6 Å². The van der Waals surface area contributed by atoms with E-state index in [4.69, 9.17) is 10.5 Å². The molecule has 112 valence electrons. The molecule has 0 fully saturated rings. The molecular weight excluding hydrogens is 318 g/mol. The Kier molecular flexibility index (Phi) is 7.06. The van der Waals surface area contributed by atoms with E-state index in [1.54, 1.807) is 0 Å². The number of carbonyl (C=O) groups is 1. The predicted molar refractivity (Wildman–Crippen MR) is 86.6 cm³/mol. The third-order valence-electron chi connectivity index (χ3n) is 3.41. The molecule has 0 bridgehead atoms. The monoisotopic (exact) mass is 341 g/mol. The largest absolute Gasteiger partial charge is 0.466 e. The van der Waals surface area contributed by atoms with Crippen molar-refractivity contribution in [1.82, 2.24) is 0 Å². The van der Waals surface area contributed by atoms with Gasteiger partial charge in [0.05, 0.1) is 12.5 Å². The van der Waals surface area contributed by atoms with Crippen LogP contribution in [0.3, 0.4) is 0 Å². The molecule has 0 aliphatic rings. The minimum Gasteiger partial charge on any atom is -0.466 e. The van der Waals surface area contributed by atoms with Crippen molar-refractivity contribution in [1.29, 1.82) is 0 Å². The Balaban J connectivity index is 3.02. The van der Waals surface area contributed by atoms with Gasteiger partial charge in [0.15, 0.2) is 0 Å². The van der Waals surface area contributed by atoms with E-state index in [1.807, 2.05) is 25.1 Å². The number of benzene rings is 1. The fourth-order valence-electron chi connectivity index (χ4n) is 2.45. The molecule has 0 aliphatic heterocycles. The second-order valence-corrected chi connectivity index (χ2v) is 6.12. The lowest BCUT2D eigenvalue weighted by Crippen LogP contribution is -2.19. The first-order chi connectivity index (χ1) is 9.49. The van der Waals surface area contributed by atoms with Gasteiger partial charge in [0.2, 0.25) is 0 Å². The summed E-state index contributed by atoms with van der Waals surface area (Å²) in [5.74, 6) is 0.00189. The third-order valence-corrected chi connectivity index (χ3v) is 3.91. The summed E-state index contributed by atoms with van der Waals surface area (Å²) < 4.78 is 6.15. The lowest BCUT2D eigenvalue weighted by molar-refractivity contribution is -0.145. The van der Waals surface area contributed by atoms with Crippen LogP contribution in [-0.4, -0.2) is 12.6 Å². The van der Waals surface area contributed by atoms with Crippen LogP contribution in [0.4, 0.5) is 5.69 Å². The van der Waals surface area contributed by atoms with Gasteiger partial charge in [0, 0.05) is 10.2 Å². The van der Waals surface area contributed by atoms with Gasteiger partial charge in [-0.25, -0.2) is 0 Å². The SMILES string of the molecule is CCCC(C)CC(C(=O)OCC)c1cc(Br)ccc1N. The molecule has 0 aliphatic carbocycles. The molecule has 0 amide bonds. The average Bonchev–Trinajstić information content (AvgIpc) is 2.39. The molecule has 0 saturated heterocycles. The highest BCUT2D eigenvalue weighted by molar-refractivity contribution is 9.10. The van der Waals surface area contributed by atoms with Crippen molar-refractivity contribution in [2.75, 3.05) is 12.3 Å². The summed E-state index contributed by atoms with van der Waals surface area (Å²) in [4.78, 5) is 12.3. The molecule has 20 heavy (non-hydrogen) atoms. The quantitative estimate of drug-likeness (QED) is 0.586. The van der Waals surface area contributed by atoms with Crippen molar-refractivity contribution < 1.29 is 9.53 Å². The van der Waals surface area contributed by atoms with Gasteiger partial charge < -0.3 is 10.5 Å². The molecule has 4 heteroatoms. The molecule has 0 spiro atoms. The molecule has 0 heterocycles. The summed E-state index contributed by atoms with van der Waals surface area (Å²) in [7, 11) is 0. The van der Waals surface area contributed by atoms with E-state index < -0.39 is 0 Å². The van der Waals surface area contributed by atoms with E-state index >= 15 is 0 Å². The van der Waals surface area contributed by atoms with E-state index in [-0.39, 0.29) is 11.9 Å². The number of hydrogen-bond donors (Lipinski definition) is 1. The molecule has 0 saturated carbocycles. The molecule has 0 aromatic heterocycles. The number of esters is 1. The van der Waals surface area contributed by atoms with E-state index in [2.05, 4.69) is 29.8 Å². The highest BCUT2D eigenvalue weighted by Crippen LogP contribution is 2.32. The first kappa shape index (κ1) is 17.0. The molecule has 1 aromatic carbocycles. The number of halogens is 1. The molecule has 3 nitrogen and oxygen atoms in total. The van der Waals surface area contributed by atoms with Crippen LogP contribution < -0.4 is 5.73 Å². The Morgan fingerprint density at radius 1 is 1.40 bits per heavy atom. The fourth-order valence-corrected chi connectivity index (χ4v) is 2.83. The van der Waals surface area contributed by atoms with Crippen molar-refractivity contribution in [2.24, 2.45) is 5.92 Å². The van der Waals surface area contributed by atoms with Gasteiger partial charge in [0.1, 0.15) is 0 Å². The summed E-state index contributed by atoms with van der Waals surface area (Å²) in [5.41, 5.74) is 7.56. The first-order valence-corrected chi connectivity index (χ1v) is 8.00. The van der Waals surface area contributed by atoms with Crippen LogP contribution in [0, 0.1) is 5.92 Å². The van der Waals surface area contributed by atoms with Crippen LogP contribution in [0.15, 0.2) is 22.7 Å². The average molecular weight is 342 g/mol. The van der Waals surface area contributed by atoms with Crippen molar-refractivity contribution in [3.8, 4) is 0 Å². The van der Waals surface area contributed by atoms with Crippen LogP contribution in [0.1, 0.15) is 51.5 Å². The maximum atomic E-state index is 12.3. The Morgan fingerprint density at radius 2 is 2.10 bits per heavy atom. The van der Waals surface area contributed by atoms with Crippen LogP contribution in [0.25, 0.3) is 0 Å². The highest BCUT2D eigenvalue weighted by atomic mass is 79.9. The predicted octanol–water partition coefficient (Wildman–Crippen LogP) is 4.50. The van der Waals surface area contributed by atoms with Crippen LogP contribution >= 0.6 is 15.9 Å².